The fourth-order valence-corrected chi connectivity index (χ4v) is 3.62. The molecule has 0 bridgehead atoms. The molecule has 0 aliphatic heterocycles. The van der Waals surface area contributed by atoms with Gasteiger partial charge in [0.25, 0.3) is 0 Å². The van der Waals surface area contributed by atoms with Crippen molar-refractivity contribution in [1.82, 2.24) is 4.90 Å². The monoisotopic (exact) mass is 309 g/mol. The second-order valence-corrected chi connectivity index (χ2v) is 6.39. The summed E-state index contributed by atoms with van der Waals surface area (Å²) in [6, 6.07) is 7.74. The first kappa shape index (κ1) is 14.1. The van der Waals surface area contributed by atoms with Crippen LogP contribution in [-0.2, 0) is 6.54 Å². The predicted octanol–water partition coefficient (Wildman–Crippen LogP) is 4.44. The standard InChI is InChI=1S/C16H24BrN/c1-13-9-14(2)11-15(10-13)12-18(8-7-17)16-5-3-4-6-16/h9-11,16H,3-8,12H2,1-2H3. The Morgan fingerprint density at radius 2 is 1.72 bits per heavy atom. The van der Waals surface area contributed by atoms with Gasteiger partial charge in [0.15, 0.2) is 0 Å². The Balaban J connectivity index is 2.07. The van der Waals surface area contributed by atoms with Gasteiger partial charge in [-0.15, -0.1) is 0 Å². The van der Waals surface area contributed by atoms with Crippen LogP contribution in [0.3, 0.4) is 0 Å². The van der Waals surface area contributed by atoms with Crippen molar-refractivity contribution in [2.24, 2.45) is 0 Å². The van der Waals surface area contributed by atoms with Crippen LogP contribution in [0.25, 0.3) is 0 Å². The first-order valence-electron chi connectivity index (χ1n) is 7.06. The topological polar surface area (TPSA) is 3.24 Å². The van der Waals surface area contributed by atoms with Crippen LogP contribution >= 0.6 is 15.9 Å². The van der Waals surface area contributed by atoms with Crippen LogP contribution in [-0.4, -0.2) is 22.8 Å². The zero-order valence-corrected chi connectivity index (χ0v) is 13.2. The lowest BCUT2D eigenvalue weighted by atomic mass is 10.1. The van der Waals surface area contributed by atoms with Crippen molar-refractivity contribution in [1.29, 1.82) is 0 Å². The third-order valence-corrected chi connectivity index (χ3v) is 4.23. The van der Waals surface area contributed by atoms with Gasteiger partial charge < -0.3 is 0 Å². The maximum Gasteiger partial charge on any atom is 0.0237 e. The highest BCUT2D eigenvalue weighted by Gasteiger charge is 2.22. The molecule has 1 saturated carbocycles. The minimum atomic E-state index is 0.809. The van der Waals surface area contributed by atoms with Crippen molar-refractivity contribution < 1.29 is 0 Å². The van der Waals surface area contributed by atoms with Gasteiger partial charge in [0, 0.05) is 24.5 Å². The van der Waals surface area contributed by atoms with Crippen LogP contribution in [0.2, 0.25) is 0 Å². The molecule has 0 heterocycles. The number of aryl methyl sites for hydroxylation is 2. The molecule has 1 nitrogen and oxygen atoms in total. The van der Waals surface area contributed by atoms with E-state index in [0.717, 1.165) is 24.5 Å². The lowest BCUT2D eigenvalue weighted by Crippen LogP contribution is -2.34. The van der Waals surface area contributed by atoms with Crippen LogP contribution in [0.15, 0.2) is 18.2 Å². The molecule has 1 aromatic rings. The molecular weight excluding hydrogens is 286 g/mol. The van der Waals surface area contributed by atoms with Gasteiger partial charge in [-0.05, 0) is 32.3 Å². The van der Waals surface area contributed by atoms with Gasteiger partial charge in [-0.1, -0.05) is 58.1 Å². The molecule has 1 aliphatic carbocycles. The zero-order chi connectivity index (χ0) is 13.0. The van der Waals surface area contributed by atoms with Crippen LogP contribution < -0.4 is 0 Å². The summed E-state index contributed by atoms with van der Waals surface area (Å²) in [5.74, 6) is 0. The number of hydrogen-bond acceptors (Lipinski definition) is 1. The second-order valence-electron chi connectivity index (χ2n) is 5.59. The molecule has 0 N–H and O–H groups in total. The summed E-state index contributed by atoms with van der Waals surface area (Å²) in [5, 5.41) is 1.08. The summed E-state index contributed by atoms with van der Waals surface area (Å²) in [7, 11) is 0. The number of halogens is 1. The Kier molecular flexibility index (Phi) is 5.25. The van der Waals surface area contributed by atoms with E-state index in [4.69, 9.17) is 0 Å². The SMILES string of the molecule is Cc1cc(C)cc(CN(CCBr)C2CCCC2)c1. The molecule has 1 fully saturated rings. The first-order chi connectivity index (χ1) is 8.69. The predicted molar refractivity (Wildman–Crippen MR) is 82.4 cm³/mol. The van der Waals surface area contributed by atoms with E-state index in [1.807, 2.05) is 0 Å². The van der Waals surface area contributed by atoms with E-state index in [-0.39, 0.29) is 0 Å². The molecule has 2 heteroatoms. The number of alkyl halides is 1. The van der Waals surface area contributed by atoms with Gasteiger partial charge in [0.2, 0.25) is 0 Å². The summed E-state index contributed by atoms with van der Waals surface area (Å²) in [6.45, 7) is 6.66. The van der Waals surface area contributed by atoms with E-state index in [1.165, 1.54) is 42.4 Å². The summed E-state index contributed by atoms with van der Waals surface area (Å²) in [5.41, 5.74) is 4.24. The fourth-order valence-electron chi connectivity index (χ4n) is 3.16. The van der Waals surface area contributed by atoms with Crippen LogP contribution in [0.4, 0.5) is 0 Å². The molecule has 1 aliphatic rings. The van der Waals surface area contributed by atoms with E-state index < -0.39 is 0 Å². The fraction of sp³-hybridized carbons (Fsp3) is 0.625. The minimum absolute atomic E-state index is 0.809. The first-order valence-corrected chi connectivity index (χ1v) is 8.18. The maximum atomic E-state index is 3.60. The average molecular weight is 310 g/mol. The molecule has 100 valence electrons. The number of rotatable bonds is 5. The van der Waals surface area contributed by atoms with E-state index in [1.54, 1.807) is 0 Å². The van der Waals surface area contributed by atoms with Crippen molar-refractivity contribution in [2.45, 2.75) is 52.1 Å². The molecule has 0 aromatic heterocycles. The lowest BCUT2D eigenvalue weighted by molar-refractivity contribution is 0.202. The van der Waals surface area contributed by atoms with Crippen LogP contribution in [0.1, 0.15) is 42.4 Å². The summed E-state index contributed by atoms with van der Waals surface area (Å²) in [6.07, 6.45) is 5.60. The Morgan fingerprint density at radius 3 is 2.28 bits per heavy atom. The highest BCUT2D eigenvalue weighted by Crippen LogP contribution is 2.25. The Labute approximate surface area is 120 Å². The number of nitrogens with zero attached hydrogens (tertiary/aromatic N) is 1. The number of benzene rings is 1. The smallest absolute Gasteiger partial charge is 0.0237 e. The molecular formula is C16H24BrN. The average Bonchev–Trinajstić information content (AvgIpc) is 2.80. The molecule has 18 heavy (non-hydrogen) atoms. The molecule has 0 saturated heterocycles. The molecule has 0 radical (unpaired) electrons. The highest BCUT2D eigenvalue weighted by atomic mass is 79.9. The van der Waals surface area contributed by atoms with Crippen molar-refractivity contribution in [3.63, 3.8) is 0 Å². The lowest BCUT2D eigenvalue weighted by Gasteiger charge is -2.28. The van der Waals surface area contributed by atoms with Crippen molar-refractivity contribution in [3.05, 3.63) is 34.9 Å². The van der Waals surface area contributed by atoms with Gasteiger partial charge >= 0.3 is 0 Å². The normalized spacial score (nSPS) is 16.7. The van der Waals surface area contributed by atoms with Crippen LogP contribution in [0, 0.1) is 13.8 Å². The van der Waals surface area contributed by atoms with E-state index >= 15 is 0 Å². The Morgan fingerprint density at radius 1 is 1.11 bits per heavy atom. The quantitative estimate of drug-likeness (QED) is 0.727. The van der Waals surface area contributed by atoms with Gasteiger partial charge in [0.1, 0.15) is 0 Å². The van der Waals surface area contributed by atoms with Gasteiger partial charge in [0.05, 0.1) is 0 Å². The van der Waals surface area contributed by atoms with E-state index in [0.29, 0.717) is 0 Å². The molecule has 0 unspecified atom stereocenters. The minimum Gasteiger partial charge on any atom is -0.295 e. The summed E-state index contributed by atoms with van der Waals surface area (Å²) in [4.78, 5) is 2.66. The largest absolute Gasteiger partial charge is 0.295 e. The third kappa shape index (κ3) is 3.83. The summed E-state index contributed by atoms with van der Waals surface area (Å²) >= 11 is 3.60. The van der Waals surface area contributed by atoms with Gasteiger partial charge in [-0.25, -0.2) is 0 Å². The molecule has 0 amide bonds. The zero-order valence-electron chi connectivity index (χ0n) is 11.6. The van der Waals surface area contributed by atoms with Crippen LogP contribution in [0.5, 0.6) is 0 Å². The third-order valence-electron chi connectivity index (χ3n) is 3.88. The Hall–Kier alpha value is -0.340. The van der Waals surface area contributed by atoms with Crippen molar-refractivity contribution in [3.8, 4) is 0 Å². The van der Waals surface area contributed by atoms with Crippen molar-refractivity contribution in [2.75, 3.05) is 11.9 Å². The van der Waals surface area contributed by atoms with Crippen molar-refractivity contribution >= 4 is 15.9 Å². The highest BCUT2D eigenvalue weighted by molar-refractivity contribution is 9.09. The van der Waals surface area contributed by atoms with Gasteiger partial charge in [-0.2, -0.15) is 0 Å². The van der Waals surface area contributed by atoms with E-state index in [2.05, 4.69) is 52.9 Å². The number of hydrogen-bond donors (Lipinski definition) is 0. The second kappa shape index (κ2) is 6.72. The molecule has 0 spiro atoms. The Bertz CT molecular complexity index is 362. The molecule has 1 aromatic carbocycles. The molecule has 0 atom stereocenters. The molecule has 2 rings (SSSR count). The maximum absolute atomic E-state index is 3.60. The van der Waals surface area contributed by atoms with E-state index in [9.17, 15) is 0 Å². The summed E-state index contributed by atoms with van der Waals surface area (Å²) < 4.78 is 0. The van der Waals surface area contributed by atoms with Gasteiger partial charge in [-0.3, -0.25) is 4.90 Å².